The average molecular weight is 266 g/mol. The van der Waals surface area contributed by atoms with Crippen molar-refractivity contribution in [2.75, 3.05) is 18.0 Å². The Hall–Kier alpha value is -1.69. The van der Waals surface area contributed by atoms with Gasteiger partial charge in [-0.1, -0.05) is 0 Å². The molecule has 102 valence electrons. The van der Waals surface area contributed by atoms with E-state index in [0.717, 1.165) is 18.9 Å². The zero-order chi connectivity index (χ0) is 13.6. The van der Waals surface area contributed by atoms with Gasteiger partial charge in [-0.3, -0.25) is 0 Å². The van der Waals surface area contributed by atoms with Crippen molar-refractivity contribution in [1.29, 1.82) is 0 Å². The van der Waals surface area contributed by atoms with E-state index in [9.17, 15) is 14.3 Å². The highest BCUT2D eigenvalue weighted by atomic mass is 19.1. The van der Waals surface area contributed by atoms with Gasteiger partial charge in [-0.25, -0.2) is 14.2 Å². The van der Waals surface area contributed by atoms with E-state index in [1.54, 1.807) is 4.90 Å². The highest BCUT2D eigenvalue weighted by molar-refractivity contribution is 5.88. The molecule has 1 aromatic rings. The van der Waals surface area contributed by atoms with Gasteiger partial charge in [-0.2, -0.15) is 0 Å². The predicted molar refractivity (Wildman–Crippen MR) is 65.6 cm³/mol. The van der Waals surface area contributed by atoms with Gasteiger partial charge in [0.1, 0.15) is 5.56 Å². The number of carboxylic acids is 1. The fourth-order valence-corrected chi connectivity index (χ4v) is 3.23. The van der Waals surface area contributed by atoms with Crippen LogP contribution in [0, 0.1) is 17.7 Å². The monoisotopic (exact) mass is 266 g/mol. The second kappa shape index (κ2) is 4.45. The number of aliphatic hydroxyl groups excluding tert-OH is 1. The molecule has 3 rings (SSSR count). The molecule has 0 amide bonds. The number of hydrogen-bond donors (Lipinski definition) is 2. The number of anilines is 1. The molecule has 0 radical (unpaired) electrons. The summed E-state index contributed by atoms with van der Waals surface area (Å²) in [5.41, 5.74) is -0.359. The minimum absolute atomic E-state index is 0.0847. The number of aromatic nitrogens is 1. The number of carboxylic acid groups (broad SMARTS) is 1. The summed E-state index contributed by atoms with van der Waals surface area (Å²) in [5, 5.41) is 18.8. The number of nitrogens with zero attached hydrogens (tertiary/aromatic N) is 2. The summed E-state index contributed by atoms with van der Waals surface area (Å²) in [5.74, 6) is -1.49. The van der Waals surface area contributed by atoms with Gasteiger partial charge >= 0.3 is 5.97 Å². The highest BCUT2D eigenvalue weighted by Gasteiger charge is 2.43. The number of carbonyl (C=O) groups is 1. The highest BCUT2D eigenvalue weighted by Crippen LogP contribution is 2.40. The molecule has 6 heteroatoms. The van der Waals surface area contributed by atoms with E-state index in [1.165, 1.54) is 6.20 Å². The first-order valence-electron chi connectivity index (χ1n) is 6.38. The lowest BCUT2D eigenvalue weighted by Gasteiger charge is -2.20. The molecule has 1 aliphatic carbocycles. The molecule has 19 heavy (non-hydrogen) atoms. The Morgan fingerprint density at radius 3 is 2.89 bits per heavy atom. The number of aliphatic hydroxyl groups is 1. The van der Waals surface area contributed by atoms with E-state index in [4.69, 9.17) is 5.11 Å². The second-order valence-corrected chi connectivity index (χ2v) is 5.27. The number of pyridine rings is 1. The van der Waals surface area contributed by atoms with Gasteiger partial charge in [-0.05, 0) is 24.8 Å². The van der Waals surface area contributed by atoms with Crippen molar-refractivity contribution >= 4 is 11.8 Å². The third-order valence-corrected chi connectivity index (χ3v) is 4.22. The van der Waals surface area contributed by atoms with Crippen molar-refractivity contribution in [1.82, 2.24) is 4.98 Å². The summed E-state index contributed by atoms with van der Waals surface area (Å²) in [6, 6.07) is 1.16. The molecule has 1 saturated carbocycles. The molecule has 3 unspecified atom stereocenters. The van der Waals surface area contributed by atoms with Crippen LogP contribution in [0.4, 0.5) is 10.2 Å². The number of rotatable bonds is 2. The molecular formula is C13H15FN2O3. The SMILES string of the molecule is O=C(O)c1ccnc(N2CC3CCC(O)C3C2)c1F. The molecule has 5 nitrogen and oxygen atoms in total. The van der Waals surface area contributed by atoms with Crippen molar-refractivity contribution in [3.8, 4) is 0 Å². The summed E-state index contributed by atoms with van der Waals surface area (Å²) < 4.78 is 14.1. The van der Waals surface area contributed by atoms with Crippen LogP contribution in [0.2, 0.25) is 0 Å². The molecular weight excluding hydrogens is 251 g/mol. The molecule has 2 aliphatic rings. The Morgan fingerprint density at radius 2 is 2.21 bits per heavy atom. The lowest BCUT2D eigenvalue weighted by Crippen LogP contribution is -2.26. The van der Waals surface area contributed by atoms with Crippen molar-refractivity contribution in [3.63, 3.8) is 0 Å². The summed E-state index contributed by atoms with van der Waals surface area (Å²) in [4.78, 5) is 16.6. The van der Waals surface area contributed by atoms with Crippen LogP contribution in [0.25, 0.3) is 0 Å². The quantitative estimate of drug-likeness (QED) is 0.839. The van der Waals surface area contributed by atoms with Gasteiger partial charge in [0.05, 0.1) is 6.10 Å². The van der Waals surface area contributed by atoms with Gasteiger partial charge in [0.2, 0.25) is 0 Å². The summed E-state index contributed by atoms with van der Waals surface area (Å²) >= 11 is 0. The zero-order valence-electron chi connectivity index (χ0n) is 10.3. The second-order valence-electron chi connectivity index (χ2n) is 5.27. The van der Waals surface area contributed by atoms with E-state index in [0.29, 0.717) is 19.0 Å². The predicted octanol–water partition coefficient (Wildman–Crippen LogP) is 1.13. The molecule has 2 fully saturated rings. The topological polar surface area (TPSA) is 73.7 Å². The Bertz CT molecular complexity index is 523. The largest absolute Gasteiger partial charge is 0.478 e. The fraction of sp³-hybridized carbons (Fsp3) is 0.538. The third-order valence-electron chi connectivity index (χ3n) is 4.22. The Morgan fingerprint density at radius 1 is 1.42 bits per heavy atom. The Labute approximate surface area is 109 Å². The molecule has 2 N–H and O–H groups in total. The minimum Gasteiger partial charge on any atom is -0.478 e. The van der Waals surface area contributed by atoms with Crippen LogP contribution in [0.3, 0.4) is 0 Å². The first-order chi connectivity index (χ1) is 9.08. The van der Waals surface area contributed by atoms with Gasteiger partial charge in [-0.15, -0.1) is 0 Å². The smallest absolute Gasteiger partial charge is 0.338 e. The van der Waals surface area contributed by atoms with Crippen molar-refractivity contribution in [2.24, 2.45) is 11.8 Å². The van der Waals surface area contributed by atoms with E-state index < -0.39 is 11.8 Å². The fourth-order valence-electron chi connectivity index (χ4n) is 3.23. The van der Waals surface area contributed by atoms with Crippen LogP contribution in [-0.4, -0.2) is 40.4 Å². The number of hydrogen-bond acceptors (Lipinski definition) is 4. The molecule has 0 aromatic carbocycles. The number of fused-ring (bicyclic) bond motifs is 1. The summed E-state index contributed by atoms with van der Waals surface area (Å²) in [6.45, 7) is 1.17. The lowest BCUT2D eigenvalue weighted by molar-refractivity contribution is 0.0691. The van der Waals surface area contributed by atoms with Gasteiger partial charge in [0, 0.05) is 25.2 Å². The molecule has 1 aromatic heterocycles. The van der Waals surface area contributed by atoms with Gasteiger partial charge in [0.25, 0.3) is 0 Å². The molecule has 0 bridgehead atoms. The zero-order valence-corrected chi connectivity index (χ0v) is 10.3. The van der Waals surface area contributed by atoms with Crippen LogP contribution in [0.5, 0.6) is 0 Å². The maximum atomic E-state index is 14.1. The van der Waals surface area contributed by atoms with E-state index in [2.05, 4.69) is 4.98 Å². The first-order valence-corrected chi connectivity index (χ1v) is 6.38. The van der Waals surface area contributed by atoms with Crippen LogP contribution >= 0.6 is 0 Å². The number of aromatic carboxylic acids is 1. The van der Waals surface area contributed by atoms with Crippen molar-refractivity contribution < 1.29 is 19.4 Å². The van der Waals surface area contributed by atoms with Crippen molar-refractivity contribution in [2.45, 2.75) is 18.9 Å². The number of halogens is 1. The summed E-state index contributed by atoms with van der Waals surface area (Å²) in [6.07, 6.45) is 2.71. The van der Waals surface area contributed by atoms with Gasteiger partial charge < -0.3 is 15.1 Å². The summed E-state index contributed by atoms with van der Waals surface area (Å²) in [7, 11) is 0. The molecule has 1 saturated heterocycles. The average Bonchev–Trinajstić information content (AvgIpc) is 2.92. The van der Waals surface area contributed by atoms with E-state index >= 15 is 0 Å². The standard InChI is InChI=1S/C13H15FN2O3/c14-11-8(13(18)19)3-4-15-12(11)16-5-7-1-2-10(17)9(7)6-16/h3-4,7,9-10,17H,1-2,5-6H2,(H,18,19). The molecule has 2 heterocycles. The van der Waals surface area contributed by atoms with E-state index in [1.807, 2.05) is 0 Å². The molecule has 0 spiro atoms. The maximum Gasteiger partial charge on any atom is 0.338 e. The van der Waals surface area contributed by atoms with Crippen molar-refractivity contribution in [3.05, 3.63) is 23.6 Å². The van der Waals surface area contributed by atoms with Crippen LogP contribution in [-0.2, 0) is 0 Å². The minimum atomic E-state index is -1.29. The molecule has 3 atom stereocenters. The van der Waals surface area contributed by atoms with Crippen LogP contribution in [0.15, 0.2) is 12.3 Å². The lowest BCUT2D eigenvalue weighted by atomic mass is 10.00. The Balaban J connectivity index is 1.88. The van der Waals surface area contributed by atoms with Gasteiger partial charge in [0.15, 0.2) is 11.6 Å². The molecule has 1 aliphatic heterocycles. The first kappa shape index (κ1) is 12.3. The van der Waals surface area contributed by atoms with Crippen LogP contribution < -0.4 is 4.90 Å². The third kappa shape index (κ3) is 1.96. The van der Waals surface area contributed by atoms with Crippen LogP contribution in [0.1, 0.15) is 23.2 Å². The maximum absolute atomic E-state index is 14.1. The van der Waals surface area contributed by atoms with E-state index in [-0.39, 0.29) is 23.4 Å². The Kier molecular flexibility index (Phi) is 2.89. The normalized spacial score (nSPS) is 29.6.